The average Bonchev–Trinajstić information content (AvgIpc) is 2.37. The Morgan fingerprint density at radius 1 is 1.50 bits per heavy atom. The van der Waals surface area contributed by atoms with Gasteiger partial charge in [-0.05, 0) is 31.9 Å². The molecule has 1 atom stereocenters. The number of hydrogen-bond donors (Lipinski definition) is 1. The molecule has 5 heteroatoms. The van der Waals surface area contributed by atoms with E-state index in [1.807, 2.05) is 24.8 Å². The van der Waals surface area contributed by atoms with Crippen LogP contribution < -0.4 is 10.1 Å². The van der Waals surface area contributed by atoms with Crippen molar-refractivity contribution in [1.82, 2.24) is 9.97 Å². The Labute approximate surface area is 113 Å². The molecule has 0 saturated carbocycles. The zero-order valence-corrected chi connectivity index (χ0v) is 11.9. The molecular weight excluding hydrogens is 246 g/mol. The molecule has 0 spiro atoms. The molecule has 0 aliphatic carbocycles. The number of thioether (sulfide) groups is 1. The molecule has 1 unspecified atom stereocenters. The van der Waals surface area contributed by atoms with Crippen LogP contribution in [0.5, 0.6) is 5.88 Å². The highest BCUT2D eigenvalue weighted by Crippen LogP contribution is 2.20. The maximum Gasteiger partial charge on any atom is 0.226 e. The lowest BCUT2D eigenvalue weighted by atomic mass is 10.2. The summed E-state index contributed by atoms with van der Waals surface area (Å²) in [6.45, 7) is 4.77. The molecule has 4 nitrogen and oxygen atoms in total. The molecule has 1 aliphatic rings. The van der Waals surface area contributed by atoms with Crippen molar-refractivity contribution in [3.8, 4) is 5.88 Å². The van der Waals surface area contributed by atoms with Gasteiger partial charge in [0.15, 0.2) is 0 Å². The van der Waals surface area contributed by atoms with Crippen LogP contribution in [0.15, 0.2) is 6.07 Å². The summed E-state index contributed by atoms with van der Waals surface area (Å²) in [5, 5.41) is 3.42. The van der Waals surface area contributed by atoms with Crippen LogP contribution in [0, 0.1) is 6.92 Å². The first kappa shape index (κ1) is 13.5. The quantitative estimate of drug-likeness (QED) is 0.889. The second-order valence-electron chi connectivity index (χ2n) is 4.58. The Balaban J connectivity index is 1.99. The van der Waals surface area contributed by atoms with Gasteiger partial charge in [0.25, 0.3) is 0 Å². The van der Waals surface area contributed by atoms with Gasteiger partial charge in [0.05, 0.1) is 6.61 Å². The smallest absolute Gasteiger partial charge is 0.226 e. The van der Waals surface area contributed by atoms with E-state index in [1.54, 1.807) is 0 Å². The predicted octanol–water partition coefficient (Wildman–Crippen LogP) is 2.88. The van der Waals surface area contributed by atoms with Gasteiger partial charge in [-0.1, -0.05) is 6.92 Å². The fourth-order valence-electron chi connectivity index (χ4n) is 1.92. The van der Waals surface area contributed by atoms with Crippen molar-refractivity contribution in [1.29, 1.82) is 0 Å². The molecule has 0 aromatic carbocycles. The van der Waals surface area contributed by atoms with Crippen LogP contribution >= 0.6 is 11.8 Å². The molecule has 0 amide bonds. The molecule has 1 aromatic heterocycles. The second kappa shape index (κ2) is 6.83. The van der Waals surface area contributed by atoms with E-state index >= 15 is 0 Å². The van der Waals surface area contributed by atoms with Crippen LogP contribution in [0.1, 0.15) is 31.9 Å². The van der Waals surface area contributed by atoms with Crippen molar-refractivity contribution in [3.05, 3.63) is 11.8 Å². The van der Waals surface area contributed by atoms with E-state index in [0.29, 0.717) is 24.5 Å². The normalized spacial score (nSPS) is 19.6. The van der Waals surface area contributed by atoms with Gasteiger partial charge in [-0.25, -0.2) is 4.98 Å². The summed E-state index contributed by atoms with van der Waals surface area (Å²) in [5.41, 5.74) is 0.946. The summed E-state index contributed by atoms with van der Waals surface area (Å²) in [6.07, 6.45) is 3.47. The van der Waals surface area contributed by atoms with Crippen LogP contribution in [-0.2, 0) is 0 Å². The average molecular weight is 267 g/mol. The third-order valence-electron chi connectivity index (χ3n) is 2.78. The van der Waals surface area contributed by atoms with Gasteiger partial charge in [0.1, 0.15) is 0 Å². The van der Waals surface area contributed by atoms with Gasteiger partial charge in [-0.3, -0.25) is 0 Å². The summed E-state index contributed by atoms with van der Waals surface area (Å²) in [6, 6.07) is 2.38. The van der Waals surface area contributed by atoms with Crippen molar-refractivity contribution in [2.24, 2.45) is 0 Å². The van der Waals surface area contributed by atoms with E-state index in [4.69, 9.17) is 4.74 Å². The zero-order valence-electron chi connectivity index (χ0n) is 11.1. The molecule has 1 saturated heterocycles. The van der Waals surface area contributed by atoms with Crippen LogP contribution in [0.3, 0.4) is 0 Å². The number of nitrogens with zero attached hydrogens (tertiary/aromatic N) is 2. The van der Waals surface area contributed by atoms with Gasteiger partial charge in [0.2, 0.25) is 11.8 Å². The maximum absolute atomic E-state index is 5.57. The van der Waals surface area contributed by atoms with Crippen LogP contribution in [0.25, 0.3) is 0 Å². The number of nitrogens with one attached hydrogen (secondary N) is 1. The topological polar surface area (TPSA) is 47.0 Å². The summed E-state index contributed by atoms with van der Waals surface area (Å²) in [7, 11) is 0. The van der Waals surface area contributed by atoms with Crippen molar-refractivity contribution in [2.75, 3.05) is 23.4 Å². The first-order valence-electron chi connectivity index (χ1n) is 6.60. The Bertz CT molecular complexity index is 380. The lowest BCUT2D eigenvalue weighted by molar-refractivity contribution is 0.305. The first-order chi connectivity index (χ1) is 8.78. The van der Waals surface area contributed by atoms with E-state index in [2.05, 4.69) is 22.2 Å². The molecule has 100 valence electrons. The minimum Gasteiger partial charge on any atom is -0.478 e. The standard InChI is InChI=1S/C13H21N3OS/c1-3-6-17-12-8-10(2)14-13(16-12)15-11-5-4-7-18-9-11/h8,11H,3-7,9H2,1-2H3,(H,14,15,16). The molecule has 2 heterocycles. The third kappa shape index (κ3) is 4.05. The highest BCUT2D eigenvalue weighted by atomic mass is 32.2. The Morgan fingerprint density at radius 3 is 3.11 bits per heavy atom. The number of ether oxygens (including phenoxy) is 1. The molecule has 1 fully saturated rings. The van der Waals surface area contributed by atoms with Gasteiger partial charge in [-0.15, -0.1) is 0 Å². The van der Waals surface area contributed by atoms with Crippen LogP contribution in [-0.4, -0.2) is 34.1 Å². The minimum atomic E-state index is 0.490. The van der Waals surface area contributed by atoms with Crippen molar-refractivity contribution in [2.45, 2.75) is 39.2 Å². The highest BCUT2D eigenvalue weighted by molar-refractivity contribution is 7.99. The molecular formula is C13H21N3OS. The summed E-state index contributed by atoms with van der Waals surface area (Å²) in [4.78, 5) is 8.84. The fraction of sp³-hybridized carbons (Fsp3) is 0.692. The minimum absolute atomic E-state index is 0.490. The number of hydrogen-bond acceptors (Lipinski definition) is 5. The predicted molar refractivity (Wildman–Crippen MR) is 76.5 cm³/mol. The lowest BCUT2D eigenvalue weighted by Crippen LogP contribution is -2.26. The second-order valence-corrected chi connectivity index (χ2v) is 5.73. The Kier molecular flexibility index (Phi) is 5.11. The van der Waals surface area contributed by atoms with E-state index in [9.17, 15) is 0 Å². The Morgan fingerprint density at radius 2 is 2.39 bits per heavy atom. The van der Waals surface area contributed by atoms with E-state index in [-0.39, 0.29) is 0 Å². The van der Waals surface area contributed by atoms with Gasteiger partial charge in [-0.2, -0.15) is 16.7 Å². The van der Waals surface area contributed by atoms with E-state index in [1.165, 1.54) is 18.6 Å². The van der Waals surface area contributed by atoms with Gasteiger partial charge in [0, 0.05) is 23.6 Å². The largest absolute Gasteiger partial charge is 0.478 e. The molecule has 0 bridgehead atoms. The SMILES string of the molecule is CCCOc1cc(C)nc(NC2CCCSC2)n1. The molecule has 0 radical (unpaired) electrons. The Hall–Kier alpha value is -0.970. The molecule has 1 aromatic rings. The molecule has 18 heavy (non-hydrogen) atoms. The van der Waals surface area contributed by atoms with Gasteiger partial charge >= 0.3 is 0 Å². The van der Waals surface area contributed by atoms with Crippen LogP contribution in [0.4, 0.5) is 5.95 Å². The van der Waals surface area contributed by atoms with Crippen LogP contribution in [0.2, 0.25) is 0 Å². The summed E-state index contributed by atoms with van der Waals surface area (Å²) < 4.78 is 5.57. The fourth-order valence-corrected chi connectivity index (χ4v) is 2.99. The number of aryl methyl sites for hydroxylation is 1. The number of anilines is 1. The van der Waals surface area contributed by atoms with Crippen molar-refractivity contribution < 1.29 is 4.74 Å². The number of aromatic nitrogens is 2. The van der Waals surface area contributed by atoms with E-state index in [0.717, 1.165) is 17.9 Å². The maximum atomic E-state index is 5.57. The molecule has 2 rings (SSSR count). The van der Waals surface area contributed by atoms with Crippen molar-refractivity contribution >= 4 is 17.7 Å². The monoisotopic (exact) mass is 267 g/mol. The van der Waals surface area contributed by atoms with Crippen molar-refractivity contribution in [3.63, 3.8) is 0 Å². The van der Waals surface area contributed by atoms with E-state index < -0.39 is 0 Å². The van der Waals surface area contributed by atoms with Gasteiger partial charge < -0.3 is 10.1 Å². The number of rotatable bonds is 5. The third-order valence-corrected chi connectivity index (χ3v) is 3.99. The summed E-state index contributed by atoms with van der Waals surface area (Å²) >= 11 is 2.00. The highest BCUT2D eigenvalue weighted by Gasteiger charge is 2.15. The lowest BCUT2D eigenvalue weighted by Gasteiger charge is -2.22. The summed E-state index contributed by atoms with van der Waals surface area (Å²) in [5.74, 6) is 3.80. The molecule has 1 N–H and O–H groups in total. The first-order valence-corrected chi connectivity index (χ1v) is 7.76. The zero-order chi connectivity index (χ0) is 12.8. The molecule has 1 aliphatic heterocycles.